The molecule has 1 aromatic rings. The second-order valence-corrected chi connectivity index (χ2v) is 6.28. The Morgan fingerprint density at radius 3 is 3.00 bits per heavy atom. The van der Waals surface area contributed by atoms with Crippen molar-refractivity contribution in [1.82, 2.24) is 15.1 Å². The van der Waals surface area contributed by atoms with Crippen LogP contribution in [0.3, 0.4) is 0 Å². The highest BCUT2D eigenvalue weighted by Gasteiger charge is 2.16. The molecule has 0 aromatic carbocycles. The fourth-order valence-corrected chi connectivity index (χ4v) is 3.06. The molecule has 4 nitrogen and oxygen atoms in total. The predicted molar refractivity (Wildman–Crippen MR) is 86.4 cm³/mol. The lowest BCUT2D eigenvalue weighted by atomic mass is 9.98. The highest BCUT2D eigenvalue weighted by Crippen LogP contribution is 2.19. The van der Waals surface area contributed by atoms with Gasteiger partial charge in [0.2, 0.25) is 0 Å². The summed E-state index contributed by atoms with van der Waals surface area (Å²) in [6.45, 7) is 4.31. The van der Waals surface area contributed by atoms with Crippen molar-refractivity contribution in [3.8, 4) is 0 Å². The number of aryl methyl sites for hydroxylation is 2. The standard InChI is InChI=1S/C17H31N3O/c1-3-11-18-16(8-7-15-13-19-20(2)14-15)9-10-17-6-4-5-12-21-17/h13-14,16-18H,3-12H2,1-2H3. The summed E-state index contributed by atoms with van der Waals surface area (Å²) in [7, 11) is 1.98. The van der Waals surface area contributed by atoms with Crippen LogP contribution in [0.1, 0.15) is 57.4 Å². The molecule has 2 heterocycles. The van der Waals surface area contributed by atoms with Crippen LogP contribution in [0.2, 0.25) is 0 Å². The highest BCUT2D eigenvalue weighted by molar-refractivity contribution is 5.04. The lowest BCUT2D eigenvalue weighted by molar-refractivity contribution is 0.00845. The van der Waals surface area contributed by atoms with E-state index < -0.39 is 0 Å². The molecule has 1 aliphatic heterocycles. The van der Waals surface area contributed by atoms with Gasteiger partial charge in [0, 0.05) is 25.9 Å². The third-order valence-electron chi connectivity index (χ3n) is 4.33. The monoisotopic (exact) mass is 293 g/mol. The average Bonchev–Trinajstić information content (AvgIpc) is 2.93. The van der Waals surface area contributed by atoms with Gasteiger partial charge in [-0.15, -0.1) is 0 Å². The van der Waals surface area contributed by atoms with E-state index in [0.29, 0.717) is 12.1 Å². The van der Waals surface area contributed by atoms with E-state index in [2.05, 4.69) is 23.5 Å². The number of ether oxygens (including phenoxy) is 1. The fraction of sp³-hybridized carbons (Fsp3) is 0.824. The number of rotatable bonds is 9. The Hall–Kier alpha value is -0.870. The molecule has 1 N–H and O–H groups in total. The molecule has 120 valence electrons. The van der Waals surface area contributed by atoms with Crippen LogP contribution in [0.25, 0.3) is 0 Å². The quantitative estimate of drug-likeness (QED) is 0.760. The van der Waals surface area contributed by atoms with E-state index in [0.717, 1.165) is 19.6 Å². The second-order valence-electron chi connectivity index (χ2n) is 6.28. The molecule has 1 fully saturated rings. The van der Waals surface area contributed by atoms with Crippen LogP contribution in [0, 0.1) is 0 Å². The van der Waals surface area contributed by atoms with Gasteiger partial charge >= 0.3 is 0 Å². The maximum Gasteiger partial charge on any atom is 0.0575 e. The van der Waals surface area contributed by atoms with Crippen LogP contribution in [0.5, 0.6) is 0 Å². The molecule has 1 aliphatic rings. The molecule has 0 bridgehead atoms. The van der Waals surface area contributed by atoms with Crippen LogP contribution in [-0.4, -0.2) is 35.1 Å². The molecule has 0 spiro atoms. The predicted octanol–water partition coefficient (Wildman–Crippen LogP) is 3.07. The number of hydrogen-bond acceptors (Lipinski definition) is 3. The first kappa shape index (κ1) is 16.5. The van der Waals surface area contributed by atoms with E-state index in [1.54, 1.807) is 0 Å². The van der Waals surface area contributed by atoms with Gasteiger partial charge in [-0.25, -0.2) is 0 Å². The lowest BCUT2D eigenvalue weighted by Gasteiger charge is -2.25. The molecular formula is C17H31N3O. The highest BCUT2D eigenvalue weighted by atomic mass is 16.5. The van der Waals surface area contributed by atoms with Gasteiger partial charge in [0.25, 0.3) is 0 Å². The molecule has 1 saturated heterocycles. The van der Waals surface area contributed by atoms with Crippen molar-refractivity contribution in [1.29, 1.82) is 0 Å². The van der Waals surface area contributed by atoms with Gasteiger partial charge in [0.1, 0.15) is 0 Å². The smallest absolute Gasteiger partial charge is 0.0575 e. The first-order valence-corrected chi connectivity index (χ1v) is 8.60. The lowest BCUT2D eigenvalue weighted by Crippen LogP contribution is -2.32. The van der Waals surface area contributed by atoms with Gasteiger partial charge in [0.15, 0.2) is 0 Å². The average molecular weight is 293 g/mol. The summed E-state index contributed by atoms with van der Waals surface area (Å²) in [5.41, 5.74) is 1.34. The molecular weight excluding hydrogens is 262 g/mol. The zero-order valence-corrected chi connectivity index (χ0v) is 13.7. The van der Waals surface area contributed by atoms with Gasteiger partial charge in [-0.1, -0.05) is 6.92 Å². The molecule has 0 aliphatic carbocycles. The maximum absolute atomic E-state index is 5.86. The summed E-state index contributed by atoms with van der Waals surface area (Å²) in [5.74, 6) is 0. The van der Waals surface area contributed by atoms with Gasteiger partial charge < -0.3 is 10.1 Å². The van der Waals surface area contributed by atoms with E-state index >= 15 is 0 Å². The van der Waals surface area contributed by atoms with Crippen LogP contribution in [0.15, 0.2) is 12.4 Å². The Morgan fingerprint density at radius 1 is 1.43 bits per heavy atom. The Kier molecular flexibility index (Phi) is 7.24. The summed E-state index contributed by atoms with van der Waals surface area (Å²) in [6, 6.07) is 0.607. The Balaban J connectivity index is 1.73. The first-order chi connectivity index (χ1) is 10.3. The van der Waals surface area contributed by atoms with Crippen LogP contribution in [-0.2, 0) is 18.2 Å². The van der Waals surface area contributed by atoms with Crippen molar-refractivity contribution < 1.29 is 4.74 Å². The first-order valence-electron chi connectivity index (χ1n) is 8.60. The van der Waals surface area contributed by atoms with E-state index in [1.165, 1.54) is 50.5 Å². The summed E-state index contributed by atoms with van der Waals surface area (Å²) in [5, 5.41) is 7.96. The zero-order valence-electron chi connectivity index (χ0n) is 13.7. The van der Waals surface area contributed by atoms with Crippen molar-refractivity contribution >= 4 is 0 Å². The molecule has 2 atom stereocenters. The molecule has 0 amide bonds. The van der Waals surface area contributed by atoms with Gasteiger partial charge in [-0.05, 0) is 63.5 Å². The minimum atomic E-state index is 0.503. The largest absolute Gasteiger partial charge is 0.378 e. The second kappa shape index (κ2) is 9.21. The summed E-state index contributed by atoms with van der Waals surface area (Å²) in [6.07, 6.45) is 14.4. The van der Waals surface area contributed by atoms with Crippen molar-refractivity contribution in [3.05, 3.63) is 18.0 Å². The Labute approximate surface area is 129 Å². The minimum Gasteiger partial charge on any atom is -0.378 e. The van der Waals surface area contributed by atoms with Gasteiger partial charge in [-0.2, -0.15) is 5.10 Å². The summed E-state index contributed by atoms with van der Waals surface area (Å²) < 4.78 is 7.75. The van der Waals surface area contributed by atoms with Gasteiger partial charge in [-0.3, -0.25) is 4.68 Å². The van der Waals surface area contributed by atoms with E-state index in [-0.39, 0.29) is 0 Å². The third-order valence-corrected chi connectivity index (χ3v) is 4.33. The number of hydrogen-bond donors (Lipinski definition) is 1. The maximum atomic E-state index is 5.86. The third kappa shape index (κ3) is 6.18. The van der Waals surface area contributed by atoms with Crippen molar-refractivity contribution in [2.45, 2.75) is 70.4 Å². The van der Waals surface area contributed by atoms with E-state index in [9.17, 15) is 0 Å². The molecule has 2 unspecified atom stereocenters. The Morgan fingerprint density at radius 2 is 2.33 bits per heavy atom. The Bertz CT molecular complexity index is 385. The molecule has 0 radical (unpaired) electrons. The van der Waals surface area contributed by atoms with Crippen molar-refractivity contribution in [3.63, 3.8) is 0 Å². The van der Waals surface area contributed by atoms with Crippen LogP contribution < -0.4 is 5.32 Å². The molecule has 21 heavy (non-hydrogen) atoms. The summed E-state index contributed by atoms with van der Waals surface area (Å²) >= 11 is 0. The van der Waals surface area contributed by atoms with Gasteiger partial charge in [0.05, 0.1) is 12.3 Å². The normalized spacial score (nSPS) is 20.6. The zero-order chi connectivity index (χ0) is 14.9. The summed E-state index contributed by atoms with van der Waals surface area (Å²) in [4.78, 5) is 0. The number of nitrogens with one attached hydrogen (secondary N) is 1. The van der Waals surface area contributed by atoms with Crippen molar-refractivity contribution in [2.24, 2.45) is 7.05 Å². The van der Waals surface area contributed by atoms with E-state index in [4.69, 9.17) is 4.74 Å². The molecule has 2 rings (SSSR count). The minimum absolute atomic E-state index is 0.503. The molecule has 0 saturated carbocycles. The number of nitrogens with zero attached hydrogens (tertiary/aromatic N) is 2. The fourth-order valence-electron chi connectivity index (χ4n) is 3.06. The molecule has 1 aromatic heterocycles. The van der Waals surface area contributed by atoms with Crippen LogP contribution >= 0.6 is 0 Å². The van der Waals surface area contributed by atoms with E-state index in [1.807, 2.05) is 17.9 Å². The topological polar surface area (TPSA) is 39.1 Å². The molecule has 4 heteroatoms. The SMILES string of the molecule is CCCNC(CCc1cnn(C)c1)CCC1CCCCO1. The van der Waals surface area contributed by atoms with Crippen molar-refractivity contribution in [2.75, 3.05) is 13.2 Å². The van der Waals surface area contributed by atoms with Crippen LogP contribution in [0.4, 0.5) is 0 Å². The number of aromatic nitrogens is 2.